The molecular weight excluding hydrogens is 204 g/mol. The van der Waals surface area contributed by atoms with Crippen molar-refractivity contribution in [1.29, 1.82) is 0 Å². The molecule has 16 heavy (non-hydrogen) atoms. The molecule has 0 radical (unpaired) electrons. The standard InChI is InChI=1S/C13H26O3/c1-3-5-6-7-8-9-10-12(14)13(15)16-11-4-2/h12,14H,3-11H2,1-2H3. The van der Waals surface area contributed by atoms with E-state index in [4.69, 9.17) is 4.74 Å². The molecule has 0 amide bonds. The lowest BCUT2D eigenvalue weighted by atomic mass is 10.1. The molecule has 0 aromatic rings. The molecule has 0 rings (SSSR count). The highest BCUT2D eigenvalue weighted by molar-refractivity contribution is 5.74. The Morgan fingerprint density at radius 2 is 1.69 bits per heavy atom. The van der Waals surface area contributed by atoms with Gasteiger partial charge in [-0.1, -0.05) is 52.4 Å². The molecule has 0 fully saturated rings. The van der Waals surface area contributed by atoms with Gasteiger partial charge >= 0.3 is 5.97 Å². The predicted octanol–water partition coefficient (Wildman–Crippen LogP) is 3.05. The summed E-state index contributed by atoms with van der Waals surface area (Å²) in [5.41, 5.74) is 0. The number of unbranched alkanes of at least 4 members (excludes halogenated alkanes) is 5. The van der Waals surface area contributed by atoms with Crippen molar-refractivity contribution in [2.24, 2.45) is 0 Å². The van der Waals surface area contributed by atoms with Crippen LogP contribution < -0.4 is 0 Å². The van der Waals surface area contributed by atoms with Crippen LogP contribution >= 0.6 is 0 Å². The molecule has 1 unspecified atom stereocenters. The Kier molecular flexibility index (Phi) is 10.5. The zero-order valence-electron chi connectivity index (χ0n) is 10.7. The Morgan fingerprint density at radius 1 is 1.06 bits per heavy atom. The number of hydrogen-bond acceptors (Lipinski definition) is 3. The summed E-state index contributed by atoms with van der Waals surface area (Å²) in [5.74, 6) is -0.463. The quantitative estimate of drug-likeness (QED) is 0.463. The SMILES string of the molecule is CCCCCCCCC(O)C(=O)OCCC. The molecule has 0 aromatic carbocycles. The van der Waals surface area contributed by atoms with E-state index in [2.05, 4.69) is 6.92 Å². The van der Waals surface area contributed by atoms with Gasteiger partial charge in [-0.25, -0.2) is 4.79 Å². The van der Waals surface area contributed by atoms with E-state index >= 15 is 0 Å². The topological polar surface area (TPSA) is 46.5 Å². The van der Waals surface area contributed by atoms with Gasteiger partial charge in [-0.3, -0.25) is 0 Å². The Morgan fingerprint density at radius 3 is 2.31 bits per heavy atom. The van der Waals surface area contributed by atoms with E-state index < -0.39 is 12.1 Å². The van der Waals surface area contributed by atoms with Gasteiger partial charge in [0.2, 0.25) is 0 Å². The third-order valence-electron chi connectivity index (χ3n) is 2.55. The van der Waals surface area contributed by atoms with Crippen LogP contribution in [-0.4, -0.2) is 23.8 Å². The predicted molar refractivity (Wildman–Crippen MR) is 65.2 cm³/mol. The number of hydrogen-bond donors (Lipinski definition) is 1. The van der Waals surface area contributed by atoms with Crippen LogP contribution in [0.1, 0.15) is 65.2 Å². The fourth-order valence-electron chi connectivity index (χ4n) is 1.53. The van der Waals surface area contributed by atoms with Crippen molar-refractivity contribution in [2.45, 2.75) is 71.3 Å². The maximum atomic E-state index is 11.2. The molecular formula is C13H26O3. The van der Waals surface area contributed by atoms with Crippen LogP contribution in [0.25, 0.3) is 0 Å². The van der Waals surface area contributed by atoms with E-state index in [1.807, 2.05) is 6.92 Å². The van der Waals surface area contributed by atoms with Gasteiger partial charge in [0.15, 0.2) is 6.10 Å². The lowest BCUT2D eigenvalue weighted by Gasteiger charge is -2.09. The zero-order chi connectivity index (χ0) is 12.2. The number of carbonyl (C=O) groups is 1. The van der Waals surface area contributed by atoms with Gasteiger partial charge in [0.05, 0.1) is 6.61 Å². The average Bonchev–Trinajstić information content (AvgIpc) is 2.30. The van der Waals surface area contributed by atoms with E-state index in [0.29, 0.717) is 13.0 Å². The average molecular weight is 230 g/mol. The van der Waals surface area contributed by atoms with E-state index in [-0.39, 0.29) is 0 Å². The molecule has 0 aliphatic rings. The van der Waals surface area contributed by atoms with Crippen LogP contribution in [0.3, 0.4) is 0 Å². The largest absolute Gasteiger partial charge is 0.464 e. The number of esters is 1. The Bertz CT molecular complexity index is 169. The van der Waals surface area contributed by atoms with E-state index in [1.54, 1.807) is 0 Å². The van der Waals surface area contributed by atoms with Crippen LogP contribution in [0.5, 0.6) is 0 Å². The Balaban J connectivity index is 3.35. The van der Waals surface area contributed by atoms with Crippen LogP contribution in [0.4, 0.5) is 0 Å². The summed E-state index contributed by atoms with van der Waals surface area (Å²) in [6.07, 6.45) is 7.40. The second-order valence-electron chi connectivity index (χ2n) is 4.24. The lowest BCUT2D eigenvalue weighted by molar-refractivity contribution is -0.153. The molecule has 0 aliphatic carbocycles. The van der Waals surface area contributed by atoms with Gasteiger partial charge < -0.3 is 9.84 Å². The molecule has 0 heterocycles. The molecule has 1 N–H and O–H groups in total. The minimum absolute atomic E-state index is 0.409. The maximum Gasteiger partial charge on any atom is 0.334 e. The molecule has 1 atom stereocenters. The van der Waals surface area contributed by atoms with Gasteiger partial charge in [0, 0.05) is 0 Å². The summed E-state index contributed by atoms with van der Waals surface area (Å²) in [6.45, 7) is 4.53. The first-order valence-electron chi connectivity index (χ1n) is 6.57. The molecule has 0 saturated carbocycles. The number of aliphatic hydroxyl groups excluding tert-OH is 1. The summed E-state index contributed by atoms with van der Waals surface area (Å²) in [6, 6.07) is 0. The smallest absolute Gasteiger partial charge is 0.334 e. The molecule has 0 aromatic heterocycles. The molecule has 0 aliphatic heterocycles. The normalized spacial score (nSPS) is 12.4. The first kappa shape index (κ1) is 15.4. The van der Waals surface area contributed by atoms with E-state index in [0.717, 1.165) is 19.3 Å². The fraction of sp³-hybridized carbons (Fsp3) is 0.923. The highest BCUT2D eigenvalue weighted by atomic mass is 16.5. The van der Waals surface area contributed by atoms with Crippen LogP contribution in [0.15, 0.2) is 0 Å². The summed E-state index contributed by atoms with van der Waals surface area (Å²) in [5, 5.41) is 9.47. The molecule has 3 heteroatoms. The van der Waals surface area contributed by atoms with Crippen molar-refractivity contribution in [1.82, 2.24) is 0 Å². The third kappa shape index (κ3) is 8.72. The second-order valence-corrected chi connectivity index (χ2v) is 4.24. The monoisotopic (exact) mass is 230 g/mol. The third-order valence-corrected chi connectivity index (χ3v) is 2.55. The molecule has 0 spiro atoms. The van der Waals surface area contributed by atoms with E-state index in [1.165, 1.54) is 25.7 Å². The molecule has 3 nitrogen and oxygen atoms in total. The van der Waals surface area contributed by atoms with Crippen molar-refractivity contribution in [3.63, 3.8) is 0 Å². The molecule has 0 saturated heterocycles. The van der Waals surface area contributed by atoms with E-state index in [9.17, 15) is 9.90 Å². The van der Waals surface area contributed by atoms with Crippen molar-refractivity contribution in [3.05, 3.63) is 0 Å². The van der Waals surface area contributed by atoms with Crippen LogP contribution in [-0.2, 0) is 9.53 Å². The van der Waals surface area contributed by atoms with Gasteiger partial charge in [-0.15, -0.1) is 0 Å². The minimum atomic E-state index is -0.919. The van der Waals surface area contributed by atoms with Crippen LogP contribution in [0, 0.1) is 0 Å². The number of ether oxygens (including phenoxy) is 1. The fourth-order valence-corrected chi connectivity index (χ4v) is 1.53. The summed E-state index contributed by atoms with van der Waals surface area (Å²) >= 11 is 0. The number of carbonyl (C=O) groups excluding carboxylic acids is 1. The van der Waals surface area contributed by atoms with Gasteiger partial charge in [0.1, 0.15) is 0 Å². The molecule has 0 bridgehead atoms. The summed E-state index contributed by atoms with van der Waals surface area (Å²) < 4.78 is 4.86. The minimum Gasteiger partial charge on any atom is -0.464 e. The first-order chi connectivity index (χ1) is 7.72. The van der Waals surface area contributed by atoms with Gasteiger partial charge in [-0.05, 0) is 12.8 Å². The summed E-state index contributed by atoms with van der Waals surface area (Å²) in [4.78, 5) is 11.2. The van der Waals surface area contributed by atoms with Crippen LogP contribution in [0.2, 0.25) is 0 Å². The Hall–Kier alpha value is -0.570. The molecule has 96 valence electrons. The highest BCUT2D eigenvalue weighted by Crippen LogP contribution is 2.09. The highest BCUT2D eigenvalue weighted by Gasteiger charge is 2.15. The van der Waals surface area contributed by atoms with Gasteiger partial charge in [0.25, 0.3) is 0 Å². The van der Waals surface area contributed by atoms with Crippen molar-refractivity contribution < 1.29 is 14.6 Å². The van der Waals surface area contributed by atoms with Crippen molar-refractivity contribution >= 4 is 5.97 Å². The maximum absolute atomic E-state index is 11.2. The Labute approximate surface area is 99.2 Å². The second kappa shape index (κ2) is 10.9. The van der Waals surface area contributed by atoms with Crippen molar-refractivity contribution in [3.8, 4) is 0 Å². The lowest BCUT2D eigenvalue weighted by Crippen LogP contribution is -2.23. The number of rotatable bonds is 10. The first-order valence-corrected chi connectivity index (χ1v) is 6.57. The summed E-state index contributed by atoms with van der Waals surface area (Å²) in [7, 11) is 0. The zero-order valence-corrected chi connectivity index (χ0v) is 10.7. The van der Waals surface area contributed by atoms with Crippen molar-refractivity contribution in [2.75, 3.05) is 6.61 Å². The number of aliphatic hydroxyl groups is 1. The van der Waals surface area contributed by atoms with Gasteiger partial charge in [-0.2, -0.15) is 0 Å².